The standard InChI is InChI=1S/C26H26FN5O/c1-16(2)24-9-10-29-32(24)20-6-4-5-19(12-20)30-26(33)21-13-25(17(3)11-22(21)27)31-14-23(28-15-31)18-7-8-18/h4-6,9-16,18H,7-8H2,1-3H3,(H,30,33). The molecule has 7 heteroatoms. The minimum Gasteiger partial charge on any atom is -0.322 e. The molecule has 0 spiro atoms. The van der Waals surface area contributed by atoms with E-state index in [0.29, 0.717) is 17.5 Å². The minimum absolute atomic E-state index is 0.00960. The number of anilines is 1. The number of hydrogen-bond donors (Lipinski definition) is 1. The van der Waals surface area contributed by atoms with Gasteiger partial charge in [-0.05, 0) is 67.6 Å². The van der Waals surface area contributed by atoms with Gasteiger partial charge in [0.25, 0.3) is 5.91 Å². The second-order valence-corrected chi connectivity index (χ2v) is 8.93. The number of carbonyl (C=O) groups is 1. The summed E-state index contributed by atoms with van der Waals surface area (Å²) in [6.45, 7) is 6.03. The van der Waals surface area contributed by atoms with Crippen LogP contribution in [0.2, 0.25) is 0 Å². The first-order valence-electron chi connectivity index (χ1n) is 11.2. The van der Waals surface area contributed by atoms with E-state index in [9.17, 15) is 9.18 Å². The van der Waals surface area contributed by atoms with E-state index in [-0.39, 0.29) is 5.56 Å². The van der Waals surface area contributed by atoms with Crippen LogP contribution in [0.5, 0.6) is 0 Å². The van der Waals surface area contributed by atoms with Crippen molar-refractivity contribution in [2.75, 3.05) is 5.32 Å². The summed E-state index contributed by atoms with van der Waals surface area (Å²) in [4.78, 5) is 17.5. The van der Waals surface area contributed by atoms with Gasteiger partial charge in [-0.25, -0.2) is 14.1 Å². The highest BCUT2D eigenvalue weighted by Crippen LogP contribution is 2.39. The molecule has 0 bridgehead atoms. The van der Waals surface area contributed by atoms with Gasteiger partial charge in [0.2, 0.25) is 0 Å². The van der Waals surface area contributed by atoms with Gasteiger partial charge >= 0.3 is 0 Å². The summed E-state index contributed by atoms with van der Waals surface area (Å²) in [5.41, 5.74) is 4.99. The van der Waals surface area contributed by atoms with Crippen LogP contribution in [0, 0.1) is 12.7 Å². The van der Waals surface area contributed by atoms with Crippen LogP contribution in [0.25, 0.3) is 11.4 Å². The molecule has 2 aromatic carbocycles. The smallest absolute Gasteiger partial charge is 0.258 e. The summed E-state index contributed by atoms with van der Waals surface area (Å²) in [6.07, 6.45) is 7.77. The van der Waals surface area contributed by atoms with Gasteiger partial charge in [0.1, 0.15) is 5.82 Å². The SMILES string of the molecule is Cc1cc(F)c(C(=O)Nc2cccc(-n3nccc3C(C)C)c2)cc1-n1cnc(C2CC2)c1. The summed E-state index contributed by atoms with van der Waals surface area (Å²) >= 11 is 0. The number of aromatic nitrogens is 4. The number of hydrogen-bond acceptors (Lipinski definition) is 3. The fraction of sp³-hybridized carbons (Fsp3) is 0.269. The van der Waals surface area contributed by atoms with Crippen molar-refractivity contribution in [2.45, 2.75) is 45.4 Å². The highest BCUT2D eigenvalue weighted by molar-refractivity contribution is 6.05. The van der Waals surface area contributed by atoms with Crippen LogP contribution >= 0.6 is 0 Å². The van der Waals surface area contributed by atoms with Crippen LogP contribution < -0.4 is 5.32 Å². The van der Waals surface area contributed by atoms with E-state index in [4.69, 9.17) is 0 Å². The zero-order valence-electron chi connectivity index (χ0n) is 18.9. The number of halogens is 1. The largest absolute Gasteiger partial charge is 0.322 e. The molecule has 1 aliphatic rings. The molecule has 1 N–H and O–H groups in total. The van der Waals surface area contributed by atoms with E-state index in [1.54, 1.807) is 24.7 Å². The predicted molar refractivity (Wildman–Crippen MR) is 126 cm³/mol. The Bertz CT molecular complexity index is 1330. The molecule has 6 nitrogen and oxygen atoms in total. The van der Waals surface area contributed by atoms with Crippen molar-refractivity contribution in [3.8, 4) is 11.4 Å². The van der Waals surface area contributed by atoms with Crippen LogP contribution in [0.3, 0.4) is 0 Å². The van der Waals surface area contributed by atoms with Crippen molar-refractivity contribution in [2.24, 2.45) is 0 Å². The molecule has 0 saturated heterocycles. The molecule has 0 radical (unpaired) electrons. The summed E-state index contributed by atoms with van der Waals surface area (Å²) in [5.74, 6) is -0.234. The number of nitrogens with zero attached hydrogens (tertiary/aromatic N) is 4. The number of imidazole rings is 1. The van der Waals surface area contributed by atoms with Crippen molar-refractivity contribution >= 4 is 11.6 Å². The average Bonchev–Trinajstić information content (AvgIpc) is 3.31. The maximum absolute atomic E-state index is 14.8. The van der Waals surface area contributed by atoms with E-state index in [1.165, 1.54) is 6.07 Å². The van der Waals surface area contributed by atoms with Crippen molar-refractivity contribution in [3.63, 3.8) is 0 Å². The number of nitrogens with one attached hydrogen (secondary N) is 1. The fourth-order valence-electron chi connectivity index (χ4n) is 4.05. The molecular formula is C26H26FN5O. The lowest BCUT2D eigenvalue weighted by Gasteiger charge is -2.13. The Morgan fingerprint density at radius 2 is 2.00 bits per heavy atom. The molecule has 5 rings (SSSR count). The van der Waals surface area contributed by atoms with Gasteiger partial charge in [-0.1, -0.05) is 19.9 Å². The molecule has 1 fully saturated rings. The molecule has 1 amide bonds. The maximum Gasteiger partial charge on any atom is 0.258 e. The molecule has 33 heavy (non-hydrogen) atoms. The Morgan fingerprint density at radius 3 is 2.76 bits per heavy atom. The Morgan fingerprint density at radius 1 is 1.18 bits per heavy atom. The van der Waals surface area contributed by atoms with Crippen molar-refractivity contribution in [3.05, 3.63) is 89.5 Å². The van der Waals surface area contributed by atoms with Crippen molar-refractivity contribution < 1.29 is 9.18 Å². The summed E-state index contributed by atoms with van der Waals surface area (Å²) < 4.78 is 18.5. The van der Waals surface area contributed by atoms with Gasteiger partial charge in [0.05, 0.1) is 29.0 Å². The maximum atomic E-state index is 14.8. The van der Waals surface area contributed by atoms with E-state index in [1.807, 2.05) is 46.6 Å². The molecular weight excluding hydrogens is 417 g/mol. The lowest BCUT2D eigenvalue weighted by Crippen LogP contribution is -2.15. The zero-order chi connectivity index (χ0) is 23.1. The van der Waals surface area contributed by atoms with Crippen molar-refractivity contribution in [1.82, 2.24) is 19.3 Å². The average molecular weight is 444 g/mol. The molecule has 168 valence electrons. The van der Waals surface area contributed by atoms with Crippen molar-refractivity contribution in [1.29, 1.82) is 0 Å². The molecule has 0 unspecified atom stereocenters. The Hall–Kier alpha value is -3.74. The highest BCUT2D eigenvalue weighted by atomic mass is 19.1. The number of carbonyl (C=O) groups excluding carboxylic acids is 1. The summed E-state index contributed by atoms with van der Waals surface area (Å²) in [7, 11) is 0. The zero-order valence-corrected chi connectivity index (χ0v) is 18.9. The third kappa shape index (κ3) is 4.18. The molecule has 2 aromatic heterocycles. The molecule has 1 aliphatic carbocycles. The van der Waals surface area contributed by atoms with Gasteiger partial charge in [-0.15, -0.1) is 0 Å². The summed E-state index contributed by atoms with van der Waals surface area (Å²) in [6, 6.07) is 12.4. The van der Waals surface area contributed by atoms with E-state index >= 15 is 0 Å². The monoisotopic (exact) mass is 443 g/mol. The van der Waals surface area contributed by atoms with Crippen LogP contribution in [-0.2, 0) is 0 Å². The highest BCUT2D eigenvalue weighted by Gasteiger charge is 2.26. The molecule has 0 aliphatic heterocycles. The Kier molecular flexibility index (Phi) is 5.32. The lowest BCUT2D eigenvalue weighted by molar-refractivity contribution is 0.102. The second-order valence-electron chi connectivity index (χ2n) is 8.93. The predicted octanol–water partition coefficient (Wildman–Crippen LogP) is 5.76. The third-order valence-electron chi connectivity index (χ3n) is 6.02. The lowest BCUT2D eigenvalue weighted by atomic mass is 10.1. The minimum atomic E-state index is -0.554. The number of amides is 1. The number of rotatable bonds is 6. The number of aryl methyl sites for hydroxylation is 1. The van der Waals surface area contributed by atoms with Crippen LogP contribution in [-0.4, -0.2) is 25.2 Å². The van der Waals surface area contributed by atoms with Gasteiger partial charge in [0, 0.05) is 29.7 Å². The van der Waals surface area contributed by atoms with Crippen LogP contribution in [0.4, 0.5) is 10.1 Å². The first-order chi connectivity index (χ1) is 15.9. The first kappa shape index (κ1) is 21.1. The molecule has 2 heterocycles. The van der Waals surface area contributed by atoms with Crippen LogP contribution in [0.1, 0.15) is 65.8 Å². The van der Waals surface area contributed by atoms with Gasteiger partial charge < -0.3 is 9.88 Å². The topological polar surface area (TPSA) is 64.7 Å². The summed E-state index contributed by atoms with van der Waals surface area (Å²) in [5, 5.41) is 7.25. The van der Waals surface area contributed by atoms with E-state index < -0.39 is 11.7 Å². The van der Waals surface area contributed by atoms with Gasteiger partial charge in [-0.2, -0.15) is 5.10 Å². The Labute approximate surface area is 192 Å². The second kappa shape index (κ2) is 8.31. The third-order valence-corrected chi connectivity index (χ3v) is 6.02. The Balaban J connectivity index is 1.42. The molecule has 0 atom stereocenters. The van der Waals surface area contributed by atoms with E-state index in [0.717, 1.165) is 41.2 Å². The number of benzene rings is 2. The normalized spacial score (nSPS) is 13.5. The van der Waals surface area contributed by atoms with E-state index in [2.05, 4.69) is 29.2 Å². The van der Waals surface area contributed by atoms with Gasteiger partial charge in [0.15, 0.2) is 0 Å². The fourth-order valence-corrected chi connectivity index (χ4v) is 4.05. The first-order valence-corrected chi connectivity index (χ1v) is 11.2. The van der Waals surface area contributed by atoms with Crippen LogP contribution in [0.15, 0.2) is 61.2 Å². The molecule has 4 aromatic rings. The quantitative estimate of drug-likeness (QED) is 0.412. The van der Waals surface area contributed by atoms with Gasteiger partial charge in [-0.3, -0.25) is 4.79 Å². The molecule has 1 saturated carbocycles.